The first-order valence-corrected chi connectivity index (χ1v) is 12.8. The van der Waals surface area contributed by atoms with Gasteiger partial charge in [0.05, 0.1) is 30.7 Å². The van der Waals surface area contributed by atoms with Crippen LogP contribution < -0.4 is 5.32 Å². The number of nitrogens with one attached hydrogen (secondary N) is 1. The lowest BCUT2D eigenvalue weighted by molar-refractivity contribution is 0.0303. The summed E-state index contributed by atoms with van der Waals surface area (Å²) in [6.45, 7) is 5.40. The third kappa shape index (κ3) is 5.16. The smallest absolute Gasteiger partial charge is 0.254 e. The van der Waals surface area contributed by atoms with Crippen LogP contribution in [0, 0.1) is 0 Å². The number of carbonyl (C=O) groups is 1. The van der Waals surface area contributed by atoms with Crippen molar-refractivity contribution in [2.75, 3.05) is 38.2 Å². The van der Waals surface area contributed by atoms with Gasteiger partial charge in [-0.25, -0.2) is 9.67 Å². The number of unbranched alkanes of at least 4 members (excludes halogenated alkanes) is 1. The second-order valence-corrected chi connectivity index (χ2v) is 9.45. The average molecular weight is 479 g/mol. The van der Waals surface area contributed by atoms with E-state index in [1.165, 1.54) is 0 Å². The van der Waals surface area contributed by atoms with Gasteiger partial charge in [0, 0.05) is 37.0 Å². The molecule has 1 aliphatic carbocycles. The number of fused-ring (bicyclic) bond motifs is 1. The summed E-state index contributed by atoms with van der Waals surface area (Å²) >= 11 is 0. The van der Waals surface area contributed by atoms with Crippen molar-refractivity contribution in [3.05, 3.63) is 36.0 Å². The number of carbonyl (C=O) groups excluding carboxylic acids is 1. The summed E-state index contributed by atoms with van der Waals surface area (Å²) in [5.74, 6) is 0.642. The lowest BCUT2D eigenvalue weighted by Gasteiger charge is -2.26. The van der Waals surface area contributed by atoms with Crippen LogP contribution in [0.2, 0.25) is 0 Å². The Morgan fingerprint density at radius 2 is 1.89 bits per heavy atom. The number of hydrogen-bond donors (Lipinski definition) is 2. The highest BCUT2D eigenvalue weighted by atomic mass is 16.5. The van der Waals surface area contributed by atoms with Crippen molar-refractivity contribution < 1.29 is 14.6 Å². The summed E-state index contributed by atoms with van der Waals surface area (Å²) in [5.41, 5.74) is 3.22. The van der Waals surface area contributed by atoms with Gasteiger partial charge in [-0.2, -0.15) is 10.1 Å². The Morgan fingerprint density at radius 3 is 2.60 bits per heavy atom. The molecule has 2 N–H and O–H groups in total. The molecule has 0 bridgehead atoms. The molecule has 2 aliphatic rings. The number of hydrogen-bond acceptors (Lipinski definition) is 7. The molecule has 2 fully saturated rings. The van der Waals surface area contributed by atoms with E-state index in [2.05, 4.69) is 17.2 Å². The summed E-state index contributed by atoms with van der Waals surface area (Å²) in [6, 6.07) is 7.85. The maximum Gasteiger partial charge on any atom is 0.254 e. The van der Waals surface area contributed by atoms with Crippen LogP contribution in [0.5, 0.6) is 0 Å². The molecule has 9 heteroatoms. The van der Waals surface area contributed by atoms with Gasteiger partial charge in [0.25, 0.3) is 5.91 Å². The first kappa shape index (κ1) is 23.7. The maximum absolute atomic E-state index is 12.8. The van der Waals surface area contributed by atoms with E-state index < -0.39 is 0 Å². The van der Waals surface area contributed by atoms with Gasteiger partial charge in [0.2, 0.25) is 5.95 Å². The number of morpholine rings is 1. The Morgan fingerprint density at radius 1 is 1.14 bits per heavy atom. The van der Waals surface area contributed by atoms with Gasteiger partial charge in [-0.15, -0.1) is 0 Å². The topological polar surface area (TPSA) is 105 Å². The zero-order valence-corrected chi connectivity index (χ0v) is 20.3. The molecule has 1 saturated heterocycles. The Hall–Kier alpha value is -3.04. The summed E-state index contributed by atoms with van der Waals surface area (Å²) in [6.07, 6.45) is 7.05. The van der Waals surface area contributed by atoms with Crippen LogP contribution in [-0.4, -0.2) is 74.6 Å². The number of anilines is 1. The first-order chi connectivity index (χ1) is 17.1. The Labute approximate surface area is 205 Å². The quantitative estimate of drug-likeness (QED) is 0.499. The number of ether oxygens (including phenoxy) is 1. The minimum Gasteiger partial charge on any atom is -0.393 e. The number of amides is 1. The predicted octanol–water partition coefficient (Wildman–Crippen LogP) is 3.65. The van der Waals surface area contributed by atoms with E-state index in [1.54, 1.807) is 0 Å². The molecule has 2 aromatic heterocycles. The van der Waals surface area contributed by atoms with Crippen molar-refractivity contribution in [3.8, 4) is 11.3 Å². The third-order valence-electron chi connectivity index (χ3n) is 6.98. The molecular formula is C26H34N6O3. The molecular weight excluding hydrogens is 444 g/mol. The summed E-state index contributed by atoms with van der Waals surface area (Å²) in [7, 11) is 0. The second kappa shape index (κ2) is 10.7. The molecule has 0 atom stereocenters. The third-order valence-corrected chi connectivity index (χ3v) is 6.98. The molecule has 186 valence electrons. The van der Waals surface area contributed by atoms with E-state index in [0.717, 1.165) is 67.4 Å². The van der Waals surface area contributed by atoms with Crippen molar-refractivity contribution in [1.82, 2.24) is 24.6 Å². The normalized spacial score (nSPS) is 20.8. The van der Waals surface area contributed by atoms with Gasteiger partial charge in [-0.1, -0.05) is 25.5 Å². The lowest BCUT2D eigenvalue weighted by atomic mass is 9.93. The van der Waals surface area contributed by atoms with Crippen LogP contribution in [0.3, 0.4) is 0 Å². The molecule has 0 spiro atoms. The number of nitrogens with zero attached hydrogens (tertiary/aromatic N) is 5. The average Bonchev–Trinajstić information content (AvgIpc) is 3.28. The van der Waals surface area contributed by atoms with E-state index in [9.17, 15) is 9.90 Å². The number of aliphatic hydroxyl groups is 1. The number of aliphatic hydroxyl groups excluding tert-OH is 1. The summed E-state index contributed by atoms with van der Waals surface area (Å²) in [4.78, 5) is 24.1. The van der Waals surface area contributed by atoms with E-state index in [0.29, 0.717) is 37.8 Å². The molecule has 1 amide bonds. The number of benzene rings is 1. The SMILES string of the molecule is CCCCNc1ncc2c(-c3ccc(C(=O)N4CCOCC4)cc3)nn([C@H]3CC[C@@H](O)CC3)c2n1. The van der Waals surface area contributed by atoms with Crippen molar-refractivity contribution in [3.63, 3.8) is 0 Å². The lowest BCUT2D eigenvalue weighted by Crippen LogP contribution is -2.40. The van der Waals surface area contributed by atoms with Crippen molar-refractivity contribution in [2.45, 2.75) is 57.6 Å². The minimum absolute atomic E-state index is 0.0297. The Balaban J connectivity index is 1.46. The fourth-order valence-corrected chi connectivity index (χ4v) is 4.88. The van der Waals surface area contributed by atoms with Gasteiger partial charge >= 0.3 is 0 Å². The zero-order valence-electron chi connectivity index (χ0n) is 20.3. The molecule has 1 aliphatic heterocycles. The predicted molar refractivity (Wildman–Crippen MR) is 134 cm³/mol. The van der Waals surface area contributed by atoms with E-state index in [4.69, 9.17) is 14.8 Å². The van der Waals surface area contributed by atoms with E-state index in [1.807, 2.05) is 40.0 Å². The number of aromatic nitrogens is 4. The van der Waals surface area contributed by atoms with Gasteiger partial charge in [-0.05, 0) is 44.2 Å². The van der Waals surface area contributed by atoms with Gasteiger partial charge < -0.3 is 20.1 Å². The zero-order chi connectivity index (χ0) is 24.2. The first-order valence-electron chi connectivity index (χ1n) is 12.8. The van der Waals surface area contributed by atoms with Crippen LogP contribution in [0.4, 0.5) is 5.95 Å². The molecule has 3 heterocycles. The number of rotatable bonds is 7. The van der Waals surface area contributed by atoms with Crippen molar-refractivity contribution in [2.24, 2.45) is 0 Å². The summed E-state index contributed by atoms with van der Waals surface area (Å²) < 4.78 is 7.39. The molecule has 0 unspecified atom stereocenters. The Kier molecular flexibility index (Phi) is 7.24. The van der Waals surface area contributed by atoms with E-state index >= 15 is 0 Å². The monoisotopic (exact) mass is 478 g/mol. The Bertz CT molecular complexity index is 1150. The van der Waals surface area contributed by atoms with Crippen LogP contribution in [0.1, 0.15) is 61.8 Å². The van der Waals surface area contributed by atoms with Crippen molar-refractivity contribution in [1.29, 1.82) is 0 Å². The molecule has 5 rings (SSSR count). The van der Waals surface area contributed by atoms with E-state index in [-0.39, 0.29) is 18.1 Å². The second-order valence-electron chi connectivity index (χ2n) is 9.45. The molecule has 0 radical (unpaired) electrons. The minimum atomic E-state index is -0.231. The highest BCUT2D eigenvalue weighted by Crippen LogP contribution is 2.34. The molecule has 35 heavy (non-hydrogen) atoms. The highest BCUT2D eigenvalue weighted by Gasteiger charge is 2.26. The molecule has 1 aromatic carbocycles. The van der Waals surface area contributed by atoms with Crippen LogP contribution in [-0.2, 0) is 4.74 Å². The van der Waals surface area contributed by atoms with Crippen LogP contribution in [0.25, 0.3) is 22.3 Å². The molecule has 3 aromatic rings. The largest absolute Gasteiger partial charge is 0.393 e. The van der Waals surface area contributed by atoms with Crippen LogP contribution in [0.15, 0.2) is 30.5 Å². The maximum atomic E-state index is 12.8. The highest BCUT2D eigenvalue weighted by molar-refractivity contribution is 5.96. The molecule has 9 nitrogen and oxygen atoms in total. The van der Waals surface area contributed by atoms with Gasteiger partial charge in [0.1, 0.15) is 5.69 Å². The van der Waals surface area contributed by atoms with Gasteiger partial charge in [0.15, 0.2) is 5.65 Å². The molecule has 1 saturated carbocycles. The fourth-order valence-electron chi connectivity index (χ4n) is 4.88. The van der Waals surface area contributed by atoms with Crippen LogP contribution >= 0.6 is 0 Å². The van der Waals surface area contributed by atoms with Crippen molar-refractivity contribution >= 4 is 22.9 Å². The standard InChI is InChI=1S/C26H34N6O3/c1-2-3-12-27-26-28-17-22-23(30-32(24(22)29-26)20-8-10-21(33)11-9-20)18-4-6-19(7-5-18)25(34)31-13-15-35-16-14-31/h4-7,17,20-21,33H,2-3,8-16H2,1H3,(H,27,28,29)/t20-,21+. The van der Waals surface area contributed by atoms with Gasteiger partial charge in [-0.3, -0.25) is 4.79 Å². The fraction of sp³-hybridized carbons (Fsp3) is 0.538. The summed E-state index contributed by atoms with van der Waals surface area (Å²) in [5, 5.41) is 19.2.